The van der Waals surface area contributed by atoms with Gasteiger partial charge in [0.25, 0.3) is 0 Å². The molecule has 0 bridgehead atoms. The number of aryl methyl sites for hydroxylation is 1. The molecule has 0 aliphatic heterocycles. The first-order valence-corrected chi connectivity index (χ1v) is 7.85. The third kappa shape index (κ3) is 3.27. The molecule has 2 aromatic heterocycles. The number of oxazole rings is 1. The van der Waals surface area contributed by atoms with Crippen LogP contribution in [0.4, 0.5) is 0 Å². The maximum Gasteiger partial charge on any atom is 0.236 e. The maximum absolute atomic E-state index is 10.9. The summed E-state index contributed by atoms with van der Waals surface area (Å²) in [5, 5.41) is 1.97. The van der Waals surface area contributed by atoms with E-state index in [0.717, 1.165) is 11.2 Å². The molecule has 23 heavy (non-hydrogen) atoms. The second kappa shape index (κ2) is 6.66. The molecular weight excluding hydrogens is 314 g/mol. The largest absolute Gasteiger partial charge is 0.493 e. The number of hydrogen-bond acceptors (Lipinski definition) is 6. The molecule has 118 valence electrons. The molecule has 1 aromatic carbocycles. The van der Waals surface area contributed by atoms with Crippen molar-refractivity contribution in [3.8, 4) is 22.3 Å². The Kier molecular flexibility index (Phi) is 4.43. The minimum absolute atomic E-state index is 0.235. The number of nitrogens with zero attached hydrogens (tertiary/aromatic N) is 1. The second-order valence-corrected chi connectivity index (χ2v) is 5.76. The molecule has 0 N–H and O–H groups in total. The molecule has 0 aliphatic rings. The molecule has 3 rings (SSSR count). The number of ether oxygens (including phenoxy) is 2. The van der Waals surface area contributed by atoms with Crippen LogP contribution in [0.5, 0.6) is 11.5 Å². The van der Waals surface area contributed by atoms with Gasteiger partial charge in [-0.2, -0.15) is 0 Å². The molecule has 0 radical (unpaired) electrons. The topological polar surface area (TPSA) is 61.6 Å². The number of thiophene rings is 1. The van der Waals surface area contributed by atoms with Crippen molar-refractivity contribution in [2.75, 3.05) is 7.11 Å². The van der Waals surface area contributed by atoms with Crippen LogP contribution in [0, 0.1) is 6.92 Å². The fourth-order valence-electron chi connectivity index (χ4n) is 2.09. The zero-order valence-corrected chi connectivity index (χ0v) is 13.6. The van der Waals surface area contributed by atoms with Crippen LogP contribution >= 0.6 is 11.3 Å². The van der Waals surface area contributed by atoms with E-state index >= 15 is 0 Å². The molecule has 0 aliphatic carbocycles. The molecule has 0 fully saturated rings. The first kappa shape index (κ1) is 15.3. The van der Waals surface area contributed by atoms with Crippen molar-refractivity contribution in [3.63, 3.8) is 0 Å². The van der Waals surface area contributed by atoms with Crippen molar-refractivity contribution in [2.45, 2.75) is 13.5 Å². The molecule has 3 aromatic rings. The Morgan fingerprint density at radius 2 is 2.17 bits per heavy atom. The Morgan fingerprint density at radius 1 is 1.30 bits per heavy atom. The van der Waals surface area contributed by atoms with E-state index in [9.17, 15) is 4.79 Å². The summed E-state index contributed by atoms with van der Waals surface area (Å²) < 4.78 is 16.7. The van der Waals surface area contributed by atoms with Gasteiger partial charge in [-0.1, -0.05) is 6.07 Å². The van der Waals surface area contributed by atoms with Crippen LogP contribution in [0.1, 0.15) is 21.8 Å². The van der Waals surface area contributed by atoms with Crippen molar-refractivity contribution in [3.05, 3.63) is 52.7 Å². The summed E-state index contributed by atoms with van der Waals surface area (Å²) in [5.74, 6) is 2.36. The Bertz CT molecular complexity index is 808. The number of hydrogen-bond donors (Lipinski definition) is 0. The van der Waals surface area contributed by atoms with Crippen LogP contribution < -0.4 is 9.47 Å². The lowest BCUT2D eigenvalue weighted by atomic mass is 10.2. The lowest BCUT2D eigenvalue weighted by molar-refractivity contribution is 0.112. The smallest absolute Gasteiger partial charge is 0.236 e. The van der Waals surface area contributed by atoms with E-state index in [4.69, 9.17) is 13.9 Å². The van der Waals surface area contributed by atoms with Gasteiger partial charge in [0.15, 0.2) is 11.5 Å². The lowest BCUT2D eigenvalue weighted by Crippen LogP contribution is -2.00. The lowest BCUT2D eigenvalue weighted by Gasteiger charge is -2.10. The number of benzene rings is 1. The summed E-state index contributed by atoms with van der Waals surface area (Å²) >= 11 is 1.57. The average Bonchev–Trinajstić information content (AvgIpc) is 3.22. The summed E-state index contributed by atoms with van der Waals surface area (Å²) in [4.78, 5) is 16.3. The van der Waals surface area contributed by atoms with Crippen LogP contribution in [0.2, 0.25) is 0 Å². The van der Waals surface area contributed by atoms with Gasteiger partial charge >= 0.3 is 0 Å². The van der Waals surface area contributed by atoms with Crippen molar-refractivity contribution < 1.29 is 18.7 Å². The summed E-state index contributed by atoms with van der Waals surface area (Å²) in [6.07, 6.45) is 0.766. The SMILES string of the molecule is COc1ccc(C=O)cc1OCc1nc(-c2cccs2)oc1C. The van der Waals surface area contributed by atoms with Gasteiger partial charge in [-0.25, -0.2) is 4.98 Å². The van der Waals surface area contributed by atoms with Crippen LogP contribution in [0.15, 0.2) is 40.1 Å². The predicted molar refractivity (Wildman–Crippen MR) is 87.3 cm³/mol. The highest BCUT2D eigenvalue weighted by Gasteiger charge is 2.14. The molecule has 0 spiro atoms. The molecular formula is C17H15NO4S. The maximum atomic E-state index is 10.9. The number of carbonyl (C=O) groups excluding carboxylic acids is 1. The first-order valence-electron chi connectivity index (χ1n) is 6.97. The molecule has 0 unspecified atom stereocenters. The van der Waals surface area contributed by atoms with E-state index in [-0.39, 0.29) is 6.61 Å². The Hall–Kier alpha value is -2.60. The minimum Gasteiger partial charge on any atom is -0.493 e. The Morgan fingerprint density at radius 3 is 2.87 bits per heavy atom. The fourth-order valence-corrected chi connectivity index (χ4v) is 2.74. The van der Waals surface area contributed by atoms with Crippen molar-refractivity contribution in [1.29, 1.82) is 0 Å². The van der Waals surface area contributed by atoms with Crippen LogP contribution in [-0.4, -0.2) is 18.4 Å². The zero-order chi connectivity index (χ0) is 16.2. The molecule has 0 saturated carbocycles. The highest BCUT2D eigenvalue weighted by molar-refractivity contribution is 7.13. The quantitative estimate of drug-likeness (QED) is 0.637. The standard InChI is InChI=1S/C17H15NO4S/c1-11-13(18-17(22-11)16-4-3-7-23-16)10-21-15-8-12(9-19)5-6-14(15)20-2/h3-9H,10H2,1-2H3. The first-order chi connectivity index (χ1) is 11.2. The van der Waals surface area contributed by atoms with E-state index in [1.807, 2.05) is 24.4 Å². The van der Waals surface area contributed by atoms with Gasteiger partial charge in [-0.3, -0.25) is 4.79 Å². The second-order valence-electron chi connectivity index (χ2n) is 4.82. The Balaban J connectivity index is 1.80. The van der Waals surface area contributed by atoms with Gasteiger partial charge in [-0.15, -0.1) is 11.3 Å². The summed E-state index contributed by atoms with van der Waals surface area (Å²) in [6.45, 7) is 2.08. The highest BCUT2D eigenvalue weighted by Crippen LogP contribution is 2.30. The fraction of sp³-hybridized carbons (Fsp3) is 0.176. The normalized spacial score (nSPS) is 10.5. The van der Waals surface area contributed by atoms with E-state index in [1.165, 1.54) is 0 Å². The van der Waals surface area contributed by atoms with Crippen LogP contribution in [0.3, 0.4) is 0 Å². The average molecular weight is 329 g/mol. The van der Waals surface area contributed by atoms with E-state index < -0.39 is 0 Å². The van der Waals surface area contributed by atoms with Crippen molar-refractivity contribution in [1.82, 2.24) is 4.98 Å². The van der Waals surface area contributed by atoms with Gasteiger partial charge in [-0.05, 0) is 36.6 Å². The molecule has 6 heteroatoms. The molecule has 5 nitrogen and oxygen atoms in total. The predicted octanol–water partition coefficient (Wildman–Crippen LogP) is 4.11. The van der Waals surface area contributed by atoms with E-state index in [1.54, 1.807) is 36.6 Å². The van der Waals surface area contributed by atoms with Crippen LogP contribution in [0.25, 0.3) is 10.8 Å². The molecule has 2 heterocycles. The molecule has 0 atom stereocenters. The third-order valence-corrected chi connectivity index (χ3v) is 4.17. The zero-order valence-electron chi connectivity index (χ0n) is 12.7. The Labute approximate surface area is 137 Å². The highest BCUT2D eigenvalue weighted by atomic mass is 32.1. The monoisotopic (exact) mass is 329 g/mol. The number of rotatable bonds is 6. The molecule has 0 amide bonds. The summed E-state index contributed by atoms with van der Waals surface area (Å²) in [7, 11) is 1.55. The van der Waals surface area contributed by atoms with Gasteiger partial charge in [0.05, 0.1) is 12.0 Å². The van der Waals surface area contributed by atoms with Crippen LogP contribution in [-0.2, 0) is 6.61 Å². The number of carbonyl (C=O) groups is 1. The van der Waals surface area contributed by atoms with Gasteiger partial charge in [0, 0.05) is 5.56 Å². The number of aromatic nitrogens is 1. The van der Waals surface area contributed by atoms with Gasteiger partial charge in [0.2, 0.25) is 5.89 Å². The van der Waals surface area contributed by atoms with Gasteiger partial charge in [0.1, 0.15) is 24.3 Å². The third-order valence-electron chi connectivity index (χ3n) is 3.31. The number of aldehydes is 1. The minimum atomic E-state index is 0.235. The van der Waals surface area contributed by atoms with Gasteiger partial charge < -0.3 is 13.9 Å². The van der Waals surface area contributed by atoms with E-state index in [2.05, 4.69) is 4.98 Å². The van der Waals surface area contributed by atoms with Crippen molar-refractivity contribution >= 4 is 17.6 Å². The number of methoxy groups -OCH3 is 1. The summed E-state index contributed by atoms with van der Waals surface area (Å²) in [6, 6.07) is 8.92. The van der Waals surface area contributed by atoms with E-state index in [0.29, 0.717) is 34.4 Å². The molecule has 0 saturated heterocycles. The summed E-state index contributed by atoms with van der Waals surface area (Å²) in [5.41, 5.74) is 1.24. The van der Waals surface area contributed by atoms with Crippen molar-refractivity contribution in [2.24, 2.45) is 0 Å².